The molecule has 0 aromatic heterocycles. The third-order valence-electron chi connectivity index (χ3n) is 4.96. The predicted octanol–water partition coefficient (Wildman–Crippen LogP) is 2.25. The van der Waals surface area contributed by atoms with Crippen LogP contribution in [0.4, 0.5) is 0 Å². The van der Waals surface area contributed by atoms with Gasteiger partial charge >= 0.3 is 0 Å². The van der Waals surface area contributed by atoms with Gasteiger partial charge in [-0.05, 0) is 38.7 Å². The molecule has 6 heteroatoms. The van der Waals surface area contributed by atoms with E-state index in [-0.39, 0.29) is 23.8 Å². The van der Waals surface area contributed by atoms with Gasteiger partial charge in [0, 0.05) is 37.2 Å². The fraction of sp³-hybridized carbons (Fsp3) is 0.364. The minimum atomic E-state index is -0.264. The van der Waals surface area contributed by atoms with Crippen molar-refractivity contribution >= 4 is 11.8 Å². The van der Waals surface area contributed by atoms with Crippen LogP contribution in [0.5, 0.6) is 5.75 Å². The Hall–Kier alpha value is -2.86. The zero-order valence-corrected chi connectivity index (χ0v) is 16.8. The van der Waals surface area contributed by atoms with Gasteiger partial charge in [-0.2, -0.15) is 0 Å². The SMILES string of the molecule is CNC(=O)c1cc(C(=O)NCCN(C)C)cc2c1OC(C)[C@H]2c1ccccc1. The predicted molar refractivity (Wildman–Crippen MR) is 109 cm³/mol. The van der Waals surface area contributed by atoms with Gasteiger partial charge in [-0.25, -0.2) is 0 Å². The van der Waals surface area contributed by atoms with Crippen LogP contribution in [0.2, 0.25) is 0 Å². The van der Waals surface area contributed by atoms with Gasteiger partial charge in [0.2, 0.25) is 0 Å². The molecule has 1 aliphatic rings. The van der Waals surface area contributed by atoms with Crippen LogP contribution in [-0.2, 0) is 0 Å². The Morgan fingerprint density at radius 1 is 1.11 bits per heavy atom. The van der Waals surface area contributed by atoms with Crippen molar-refractivity contribution in [2.24, 2.45) is 0 Å². The quantitative estimate of drug-likeness (QED) is 0.805. The number of hydrogen-bond donors (Lipinski definition) is 2. The molecule has 0 fully saturated rings. The van der Waals surface area contributed by atoms with E-state index >= 15 is 0 Å². The topological polar surface area (TPSA) is 70.7 Å². The first-order valence-corrected chi connectivity index (χ1v) is 9.47. The van der Waals surface area contributed by atoms with Crippen LogP contribution < -0.4 is 15.4 Å². The second-order valence-electron chi connectivity index (χ2n) is 7.29. The number of fused-ring (bicyclic) bond motifs is 1. The number of nitrogens with one attached hydrogen (secondary N) is 2. The highest BCUT2D eigenvalue weighted by Gasteiger charge is 2.36. The maximum atomic E-state index is 12.7. The van der Waals surface area contributed by atoms with E-state index in [9.17, 15) is 9.59 Å². The molecule has 0 saturated heterocycles. The third-order valence-corrected chi connectivity index (χ3v) is 4.96. The van der Waals surface area contributed by atoms with Crippen LogP contribution in [0, 0.1) is 0 Å². The number of ether oxygens (including phenoxy) is 1. The van der Waals surface area contributed by atoms with Crippen molar-refractivity contribution in [1.29, 1.82) is 0 Å². The summed E-state index contributed by atoms with van der Waals surface area (Å²) >= 11 is 0. The molecule has 0 radical (unpaired) electrons. The second-order valence-corrected chi connectivity index (χ2v) is 7.29. The zero-order chi connectivity index (χ0) is 20.3. The van der Waals surface area contributed by atoms with Crippen molar-refractivity contribution in [2.45, 2.75) is 18.9 Å². The van der Waals surface area contributed by atoms with Gasteiger partial charge in [0.25, 0.3) is 11.8 Å². The number of carbonyl (C=O) groups is 2. The number of hydrogen-bond acceptors (Lipinski definition) is 4. The van der Waals surface area contributed by atoms with Crippen molar-refractivity contribution < 1.29 is 14.3 Å². The zero-order valence-electron chi connectivity index (χ0n) is 16.8. The lowest BCUT2D eigenvalue weighted by Crippen LogP contribution is -2.31. The summed E-state index contributed by atoms with van der Waals surface area (Å²) in [6.07, 6.45) is -0.132. The minimum Gasteiger partial charge on any atom is -0.489 e. The lowest BCUT2D eigenvalue weighted by molar-refractivity contribution is 0.0951. The van der Waals surface area contributed by atoms with Crippen LogP contribution in [-0.4, -0.2) is 57.1 Å². The molecule has 2 aromatic rings. The van der Waals surface area contributed by atoms with E-state index in [0.717, 1.165) is 17.7 Å². The van der Waals surface area contributed by atoms with Gasteiger partial charge in [0.15, 0.2) is 0 Å². The van der Waals surface area contributed by atoms with Gasteiger partial charge in [-0.3, -0.25) is 9.59 Å². The molecule has 2 N–H and O–H groups in total. The Morgan fingerprint density at radius 3 is 2.46 bits per heavy atom. The van der Waals surface area contributed by atoms with Gasteiger partial charge in [0.1, 0.15) is 11.9 Å². The van der Waals surface area contributed by atoms with Crippen molar-refractivity contribution in [3.63, 3.8) is 0 Å². The van der Waals surface area contributed by atoms with E-state index in [4.69, 9.17) is 4.74 Å². The van der Waals surface area contributed by atoms with E-state index in [1.807, 2.05) is 62.3 Å². The minimum absolute atomic E-state index is 0.0332. The summed E-state index contributed by atoms with van der Waals surface area (Å²) in [6.45, 7) is 3.27. The van der Waals surface area contributed by atoms with Crippen LogP contribution in [0.3, 0.4) is 0 Å². The molecule has 1 aliphatic heterocycles. The van der Waals surface area contributed by atoms with Crippen molar-refractivity contribution in [1.82, 2.24) is 15.5 Å². The molecule has 3 rings (SSSR count). The normalized spacial score (nSPS) is 17.8. The smallest absolute Gasteiger partial charge is 0.254 e. The lowest BCUT2D eigenvalue weighted by Gasteiger charge is -2.15. The summed E-state index contributed by atoms with van der Waals surface area (Å²) in [5.74, 6) is 0.0703. The molecule has 0 bridgehead atoms. The molecule has 2 atom stereocenters. The molecule has 6 nitrogen and oxygen atoms in total. The van der Waals surface area contributed by atoms with Crippen molar-refractivity contribution in [3.8, 4) is 5.75 Å². The lowest BCUT2D eigenvalue weighted by atomic mass is 9.87. The molecule has 2 aromatic carbocycles. The summed E-state index contributed by atoms with van der Waals surface area (Å²) in [4.78, 5) is 27.2. The average Bonchev–Trinajstić information content (AvgIpc) is 3.02. The Labute approximate surface area is 165 Å². The maximum Gasteiger partial charge on any atom is 0.254 e. The fourth-order valence-corrected chi connectivity index (χ4v) is 3.56. The molecule has 0 aliphatic carbocycles. The number of amides is 2. The summed E-state index contributed by atoms with van der Waals surface area (Å²) in [7, 11) is 5.48. The number of rotatable bonds is 6. The van der Waals surface area contributed by atoms with E-state index in [0.29, 0.717) is 23.4 Å². The van der Waals surface area contributed by atoms with Crippen molar-refractivity contribution in [3.05, 3.63) is 64.7 Å². The number of nitrogens with zero attached hydrogens (tertiary/aromatic N) is 1. The molecular weight excluding hydrogens is 354 g/mol. The van der Waals surface area contributed by atoms with Gasteiger partial charge in [0.05, 0.1) is 5.56 Å². The number of carbonyl (C=O) groups excluding carboxylic acids is 2. The van der Waals surface area contributed by atoms with Crippen LogP contribution >= 0.6 is 0 Å². The van der Waals surface area contributed by atoms with E-state index in [1.165, 1.54) is 0 Å². The first-order valence-electron chi connectivity index (χ1n) is 9.47. The van der Waals surface area contributed by atoms with Crippen LogP contribution in [0.25, 0.3) is 0 Å². The third kappa shape index (κ3) is 4.02. The molecule has 2 amide bonds. The first kappa shape index (κ1) is 19.9. The highest BCUT2D eigenvalue weighted by Crippen LogP contribution is 2.44. The number of likely N-dealkylation sites (N-methyl/N-ethyl adjacent to an activating group) is 1. The molecule has 1 heterocycles. The van der Waals surface area contributed by atoms with E-state index in [2.05, 4.69) is 10.6 Å². The van der Waals surface area contributed by atoms with Gasteiger partial charge in [-0.15, -0.1) is 0 Å². The monoisotopic (exact) mass is 381 g/mol. The highest BCUT2D eigenvalue weighted by molar-refractivity contribution is 6.02. The van der Waals surface area contributed by atoms with Gasteiger partial charge < -0.3 is 20.3 Å². The molecule has 0 saturated carbocycles. The largest absolute Gasteiger partial charge is 0.489 e. The fourth-order valence-electron chi connectivity index (χ4n) is 3.56. The number of benzene rings is 2. The molecule has 148 valence electrons. The Balaban J connectivity index is 2.02. The Bertz CT molecular complexity index is 865. The van der Waals surface area contributed by atoms with Gasteiger partial charge in [-0.1, -0.05) is 30.3 Å². The summed E-state index contributed by atoms with van der Waals surface area (Å²) in [5.41, 5.74) is 2.83. The molecule has 28 heavy (non-hydrogen) atoms. The van der Waals surface area contributed by atoms with E-state index in [1.54, 1.807) is 13.1 Å². The van der Waals surface area contributed by atoms with E-state index < -0.39 is 0 Å². The van der Waals surface area contributed by atoms with Crippen LogP contribution in [0.15, 0.2) is 42.5 Å². The molecule has 1 unspecified atom stereocenters. The highest BCUT2D eigenvalue weighted by atomic mass is 16.5. The standard InChI is InChI=1S/C22H27N3O3/c1-14-19(15-8-6-5-7-9-15)17-12-16(21(26)24-10-11-25(3)4)13-18(20(17)28-14)22(27)23-2/h5-9,12-14,19H,10-11H2,1-4H3,(H,23,27)(H,24,26)/t14?,19-/m0/s1. The first-order chi connectivity index (χ1) is 13.4. The van der Waals surface area contributed by atoms with Crippen molar-refractivity contribution in [2.75, 3.05) is 34.2 Å². The Kier molecular flexibility index (Phi) is 5.99. The van der Waals surface area contributed by atoms with Crippen LogP contribution in [0.1, 0.15) is 44.7 Å². The average molecular weight is 381 g/mol. The second kappa shape index (κ2) is 8.44. The summed E-state index contributed by atoms with van der Waals surface area (Å²) < 4.78 is 6.08. The summed E-state index contributed by atoms with van der Waals surface area (Å²) in [6, 6.07) is 13.5. The maximum absolute atomic E-state index is 12.7. The molecular formula is C22H27N3O3. The molecule has 0 spiro atoms. The Morgan fingerprint density at radius 2 is 1.82 bits per heavy atom. The summed E-state index contributed by atoms with van der Waals surface area (Å²) in [5, 5.41) is 5.57.